The Morgan fingerprint density at radius 3 is 2.76 bits per heavy atom. The predicted octanol–water partition coefficient (Wildman–Crippen LogP) is 4.72. The molecule has 0 spiro atoms. The van der Waals surface area contributed by atoms with Crippen LogP contribution in [0.15, 0.2) is 48.0 Å². The Labute approximate surface area is 216 Å². The van der Waals surface area contributed by atoms with Crippen molar-refractivity contribution in [2.24, 2.45) is 0 Å². The number of carbonyl (C=O) groups is 3. The fourth-order valence-corrected chi connectivity index (χ4v) is 5.60. The summed E-state index contributed by atoms with van der Waals surface area (Å²) in [5.41, 5.74) is 1.20. The second-order valence-electron chi connectivity index (χ2n) is 8.78. The number of fused-ring (bicyclic) bond motifs is 1. The molecule has 0 saturated carbocycles. The van der Waals surface area contributed by atoms with E-state index in [4.69, 9.17) is 9.47 Å². The van der Waals surface area contributed by atoms with Crippen molar-refractivity contribution in [3.8, 4) is 5.75 Å². The van der Waals surface area contributed by atoms with Crippen molar-refractivity contribution in [2.75, 3.05) is 11.5 Å². The minimum absolute atomic E-state index is 0.00639. The summed E-state index contributed by atoms with van der Waals surface area (Å²) in [5, 5.41) is 11.4. The van der Waals surface area contributed by atoms with Gasteiger partial charge in [-0.05, 0) is 50.6 Å². The Hall–Kier alpha value is -4.05. The predicted molar refractivity (Wildman–Crippen MR) is 134 cm³/mol. The molecule has 2 atom stereocenters. The van der Waals surface area contributed by atoms with Gasteiger partial charge in [0.25, 0.3) is 5.78 Å². The Morgan fingerprint density at radius 2 is 2.03 bits per heavy atom. The number of hydrogen-bond donors (Lipinski definition) is 1. The number of halogens is 1. The lowest BCUT2D eigenvalue weighted by Crippen LogP contribution is -2.29. The van der Waals surface area contributed by atoms with Crippen LogP contribution in [-0.4, -0.2) is 40.5 Å². The van der Waals surface area contributed by atoms with E-state index in [-0.39, 0.29) is 33.9 Å². The maximum Gasteiger partial charge on any atom is 0.350 e. The summed E-state index contributed by atoms with van der Waals surface area (Å²) < 4.78 is 25.9. The van der Waals surface area contributed by atoms with Gasteiger partial charge in [-0.2, -0.15) is 0 Å². The molecule has 2 aromatic carbocycles. The Morgan fingerprint density at radius 1 is 1.27 bits per heavy atom. The Balaban J connectivity index is 1.68. The Bertz CT molecular complexity index is 1480. The van der Waals surface area contributed by atoms with Crippen LogP contribution in [0.5, 0.6) is 5.75 Å². The largest absolute Gasteiger partial charge is 0.507 e. The normalized spacial score (nSPS) is 20.2. The summed E-state index contributed by atoms with van der Waals surface area (Å²) in [6.07, 6.45) is 0.592. The summed E-state index contributed by atoms with van der Waals surface area (Å²) in [7, 11) is 0. The molecule has 2 aliphatic heterocycles. The van der Waals surface area contributed by atoms with Gasteiger partial charge < -0.3 is 14.6 Å². The fraction of sp³-hybridized carbons (Fsp3) is 0.259. The average Bonchev–Trinajstić information content (AvgIpc) is 3.51. The molecular weight excluding hydrogens is 499 g/mol. The van der Waals surface area contributed by atoms with E-state index in [1.807, 2.05) is 6.92 Å². The number of carbonyl (C=O) groups excluding carboxylic acids is 3. The second kappa shape index (κ2) is 9.44. The monoisotopic (exact) mass is 522 g/mol. The van der Waals surface area contributed by atoms with Crippen molar-refractivity contribution in [1.82, 2.24) is 4.98 Å². The molecule has 3 heterocycles. The number of amides is 1. The van der Waals surface area contributed by atoms with Gasteiger partial charge in [-0.15, -0.1) is 0 Å². The number of nitrogens with zero attached hydrogens (tertiary/aromatic N) is 2. The molecular formula is C27H23FN2O6S. The first-order valence-corrected chi connectivity index (χ1v) is 12.5. The van der Waals surface area contributed by atoms with E-state index < -0.39 is 35.3 Å². The lowest BCUT2D eigenvalue weighted by molar-refractivity contribution is -0.132. The van der Waals surface area contributed by atoms with Gasteiger partial charge in [-0.3, -0.25) is 14.5 Å². The molecule has 3 aromatic rings. The first kappa shape index (κ1) is 24.6. The number of thiazole rings is 1. The molecule has 10 heteroatoms. The molecule has 2 aliphatic rings. The fourth-order valence-electron chi connectivity index (χ4n) is 4.62. The molecule has 1 saturated heterocycles. The van der Waals surface area contributed by atoms with Crippen molar-refractivity contribution >= 4 is 39.9 Å². The van der Waals surface area contributed by atoms with Gasteiger partial charge in [0.05, 0.1) is 17.9 Å². The molecule has 0 aliphatic carbocycles. The third-order valence-electron chi connectivity index (χ3n) is 6.27. The van der Waals surface area contributed by atoms with Gasteiger partial charge in [0, 0.05) is 17.5 Å². The first-order chi connectivity index (χ1) is 17.7. The molecule has 0 radical (unpaired) electrons. The smallest absolute Gasteiger partial charge is 0.350 e. The van der Waals surface area contributed by atoms with Crippen LogP contribution in [0.4, 0.5) is 9.52 Å². The highest BCUT2D eigenvalue weighted by molar-refractivity contribution is 7.17. The molecule has 5 rings (SSSR count). The summed E-state index contributed by atoms with van der Waals surface area (Å²) in [4.78, 5) is 44.6. The number of aryl methyl sites for hydroxylation is 1. The van der Waals surface area contributed by atoms with Gasteiger partial charge in [0.2, 0.25) is 0 Å². The number of ketones is 1. The number of aromatic nitrogens is 1. The minimum atomic E-state index is -1.30. The zero-order valence-corrected chi connectivity index (χ0v) is 21.1. The number of aliphatic hydroxyl groups is 1. The van der Waals surface area contributed by atoms with E-state index in [1.165, 1.54) is 18.2 Å². The van der Waals surface area contributed by atoms with Crippen molar-refractivity contribution in [3.63, 3.8) is 0 Å². The van der Waals surface area contributed by atoms with E-state index in [0.717, 1.165) is 21.8 Å². The molecule has 0 bridgehead atoms. The highest BCUT2D eigenvalue weighted by Crippen LogP contribution is 2.45. The summed E-state index contributed by atoms with van der Waals surface area (Å²) in [6.45, 7) is 5.31. The van der Waals surface area contributed by atoms with Crippen molar-refractivity contribution in [1.29, 1.82) is 0 Å². The van der Waals surface area contributed by atoms with Crippen LogP contribution in [0.2, 0.25) is 0 Å². The van der Waals surface area contributed by atoms with Gasteiger partial charge in [-0.1, -0.05) is 29.5 Å². The van der Waals surface area contributed by atoms with Gasteiger partial charge in [-0.25, -0.2) is 14.2 Å². The van der Waals surface area contributed by atoms with Crippen LogP contribution in [0.3, 0.4) is 0 Å². The standard InChI is InChI=1S/C27H23FN2O6S/c1-4-35-26(34)24-14(3)29-27(37-24)30-21(17-7-5-6-8-18(17)28)20(23(32)25(30)33)22(31)15-9-10-19-16(12-15)11-13(2)36-19/h5-10,12-13,21,31H,4,11H2,1-3H3/t13-,21-/m1/s1. The highest BCUT2D eigenvalue weighted by Gasteiger charge is 2.49. The van der Waals surface area contributed by atoms with Crippen molar-refractivity contribution in [3.05, 3.63) is 81.1 Å². The molecule has 190 valence electrons. The van der Waals surface area contributed by atoms with Gasteiger partial charge in [0.1, 0.15) is 34.3 Å². The number of aliphatic hydroxyl groups excluding tert-OH is 1. The topological polar surface area (TPSA) is 106 Å². The average molecular weight is 523 g/mol. The number of hydrogen-bond acceptors (Lipinski definition) is 8. The minimum Gasteiger partial charge on any atom is -0.507 e. The van der Waals surface area contributed by atoms with Crippen LogP contribution >= 0.6 is 11.3 Å². The second-order valence-corrected chi connectivity index (χ2v) is 9.75. The maximum atomic E-state index is 15.1. The summed E-state index contributed by atoms with van der Waals surface area (Å²) >= 11 is 0.865. The third-order valence-corrected chi connectivity index (χ3v) is 7.40. The number of Topliss-reactive ketones (excluding diaryl/α,β-unsaturated/α-hetero) is 1. The quantitative estimate of drug-likeness (QED) is 0.224. The number of esters is 1. The van der Waals surface area contributed by atoms with E-state index >= 15 is 4.39 Å². The van der Waals surface area contributed by atoms with E-state index in [0.29, 0.717) is 23.4 Å². The van der Waals surface area contributed by atoms with Crippen LogP contribution in [0.1, 0.15) is 51.9 Å². The van der Waals surface area contributed by atoms with Crippen LogP contribution in [0.25, 0.3) is 5.76 Å². The van der Waals surface area contributed by atoms with E-state index in [9.17, 15) is 19.5 Å². The van der Waals surface area contributed by atoms with Crippen molar-refractivity contribution in [2.45, 2.75) is 39.3 Å². The first-order valence-electron chi connectivity index (χ1n) is 11.7. The summed E-state index contributed by atoms with van der Waals surface area (Å²) in [6, 6.07) is 9.39. The number of benzene rings is 2. The number of rotatable bonds is 5. The highest BCUT2D eigenvalue weighted by atomic mass is 32.1. The maximum absolute atomic E-state index is 15.1. The van der Waals surface area contributed by atoms with E-state index in [2.05, 4.69) is 4.98 Å². The third kappa shape index (κ3) is 4.17. The Kier molecular flexibility index (Phi) is 6.28. The molecule has 1 aromatic heterocycles. The molecule has 37 heavy (non-hydrogen) atoms. The lowest BCUT2D eigenvalue weighted by atomic mass is 9.94. The SMILES string of the molecule is CCOC(=O)c1sc(N2C(=O)C(=O)C(=C(O)c3ccc4c(c3)C[C@@H](C)O4)[C@H]2c2ccccc2F)nc1C. The number of ether oxygens (including phenoxy) is 2. The van der Waals surface area contributed by atoms with Crippen LogP contribution in [0, 0.1) is 12.7 Å². The van der Waals surface area contributed by atoms with Crippen LogP contribution < -0.4 is 9.64 Å². The summed E-state index contributed by atoms with van der Waals surface area (Å²) in [5.74, 6) is -3.01. The lowest BCUT2D eigenvalue weighted by Gasteiger charge is -2.23. The molecule has 1 N–H and O–H groups in total. The van der Waals surface area contributed by atoms with E-state index in [1.54, 1.807) is 38.1 Å². The zero-order chi connectivity index (χ0) is 26.4. The van der Waals surface area contributed by atoms with Crippen molar-refractivity contribution < 1.29 is 33.4 Å². The number of anilines is 1. The van der Waals surface area contributed by atoms with Crippen LogP contribution in [-0.2, 0) is 20.7 Å². The molecule has 1 fully saturated rings. The van der Waals surface area contributed by atoms with Gasteiger partial charge >= 0.3 is 11.9 Å². The zero-order valence-electron chi connectivity index (χ0n) is 20.3. The molecule has 1 amide bonds. The van der Waals surface area contributed by atoms with Gasteiger partial charge in [0.15, 0.2) is 5.13 Å². The molecule has 0 unspecified atom stereocenters. The molecule has 8 nitrogen and oxygen atoms in total.